The predicted molar refractivity (Wildman–Crippen MR) is 92.3 cm³/mol. The van der Waals surface area contributed by atoms with Crippen molar-refractivity contribution in [3.05, 3.63) is 52.0 Å². The Hall–Kier alpha value is -2.00. The Morgan fingerprint density at radius 3 is 2.59 bits per heavy atom. The molecule has 0 unspecified atom stereocenters. The Labute approximate surface area is 136 Å². The molecule has 4 heteroatoms. The Bertz CT molecular complexity index is 696. The molecule has 0 N–H and O–H groups in total. The molecule has 0 aliphatic heterocycles. The van der Waals surface area contributed by atoms with E-state index in [0.717, 1.165) is 16.8 Å². The van der Waals surface area contributed by atoms with Crippen molar-refractivity contribution in [2.75, 3.05) is 13.7 Å². The summed E-state index contributed by atoms with van der Waals surface area (Å²) in [6.07, 6.45) is 1.78. The molecule has 0 aromatic heterocycles. The van der Waals surface area contributed by atoms with E-state index in [1.807, 2.05) is 38.1 Å². The first-order valence-electron chi connectivity index (χ1n) is 7.16. The van der Waals surface area contributed by atoms with E-state index in [1.54, 1.807) is 13.3 Å². The summed E-state index contributed by atoms with van der Waals surface area (Å²) in [7, 11) is 1.58. The first-order chi connectivity index (χ1) is 10.5. The Morgan fingerprint density at radius 2 is 1.95 bits per heavy atom. The lowest BCUT2D eigenvalue weighted by Gasteiger charge is -2.11. The molecule has 0 radical (unpaired) electrons. The molecule has 116 valence electrons. The van der Waals surface area contributed by atoms with Gasteiger partial charge in [-0.2, -0.15) is 0 Å². The molecule has 0 atom stereocenters. The summed E-state index contributed by atoms with van der Waals surface area (Å²) < 4.78 is 10.8. The van der Waals surface area contributed by atoms with Crippen LogP contribution in [0.5, 0.6) is 11.5 Å². The molecule has 0 aliphatic carbocycles. The minimum absolute atomic E-state index is 0.510. The third-order valence-electron chi connectivity index (χ3n) is 3.24. The number of hydrogen-bond acceptors (Lipinski definition) is 3. The maximum atomic E-state index is 6.24. The molecular weight excluding hydrogens is 298 g/mol. The highest BCUT2D eigenvalue weighted by atomic mass is 35.5. The zero-order chi connectivity index (χ0) is 16.1. The van der Waals surface area contributed by atoms with Crippen LogP contribution in [0.4, 0.5) is 5.69 Å². The predicted octanol–water partition coefficient (Wildman–Crippen LogP) is 5.11. The molecule has 2 aromatic carbocycles. The van der Waals surface area contributed by atoms with E-state index in [-0.39, 0.29) is 0 Å². The summed E-state index contributed by atoms with van der Waals surface area (Å²) in [4.78, 5) is 4.53. The lowest BCUT2D eigenvalue weighted by Crippen LogP contribution is -1.97. The molecule has 0 aliphatic rings. The third-order valence-corrected chi connectivity index (χ3v) is 3.52. The number of ether oxygens (including phenoxy) is 2. The van der Waals surface area contributed by atoms with Gasteiger partial charge in [-0.3, -0.25) is 4.99 Å². The van der Waals surface area contributed by atoms with Gasteiger partial charge in [-0.25, -0.2) is 0 Å². The Morgan fingerprint density at radius 1 is 1.18 bits per heavy atom. The van der Waals surface area contributed by atoms with Crippen LogP contribution in [-0.4, -0.2) is 19.9 Å². The van der Waals surface area contributed by atoms with Crippen molar-refractivity contribution in [1.82, 2.24) is 0 Å². The minimum atomic E-state index is 0.510. The molecule has 0 amide bonds. The Balaban J connectivity index is 2.34. The molecule has 3 nitrogen and oxygen atoms in total. The van der Waals surface area contributed by atoms with Crippen LogP contribution < -0.4 is 9.47 Å². The van der Waals surface area contributed by atoms with Gasteiger partial charge >= 0.3 is 0 Å². The number of nitrogens with zero attached hydrogens (tertiary/aromatic N) is 1. The number of rotatable bonds is 5. The summed E-state index contributed by atoms with van der Waals surface area (Å²) in [6.45, 7) is 6.58. The molecule has 2 rings (SSSR count). The number of aryl methyl sites for hydroxylation is 2. The Kier molecular flexibility index (Phi) is 5.45. The second kappa shape index (κ2) is 7.32. The van der Waals surface area contributed by atoms with Crippen LogP contribution in [0.1, 0.15) is 23.6 Å². The summed E-state index contributed by atoms with van der Waals surface area (Å²) in [5.41, 5.74) is 4.17. The molecule has 0 heterocycles. The molecule has 22 heavy (non-hydrogen) atoms. The van der Waals surface area contributed by atoms with Gasteiger partial charge in [0.05, 0.1) is 24.4 Å². The standard InChI is InChI=1S/C18H20ClNO2/c1-5-22-17-10-14(9-15(19)18(17)21-4)11-20-16-7-6-12(2)8-13(16)3/h6-11H,5H2,1-4H3. The van der Waals surface area contributed by atoms with Crippen molar-refractivity contribution >= 4 is 23.5 Å². The number of methoxy groups -OCH3 is 1. The minimum Gasteiger partial charge on any atom is -0.491 e. The fraction of sp³-hybridized carbons (Fsp3) is 0.278. The largest absolute Gasteiger partial charge is 0.491 e. The average molecular weight is 318 g/mol. The highest BCUT2D eigenvalue weighted by Gasteiger charge is 2.10. The molecule has 2 aromatic rings. The van der Waals surface area contributed by atoms with Crippen molar-refractivity contribution in [1.29, 1.82) is 0 Å². The fourth-order valence-electron chi connectivity index (χ4n) is 2.22. The van der Waals surface area contributed by atoms with Gasteiger partial charge < -0.3 is 9.47 Å². The van der Waals surface area contributed by atoms with Crippen LogP contribution in [0.3, 0.4) is 0 Å². The van der Waals surface area contributed by atoms with Gasteiger partial charge in [0.15, 0.2) is 11.5 Å². The van der Waals surface area contributed by atoms with E-state index in [1.165, 1.54) is 5.56 Å². The van der Waals surface area contributed by atoms with Gasteiger partial charge in [-0.1, -0.05) is 29.3 Å². The van der Waals surface area contributed by atoms with Gasteiger partial charge in [-0.15, -0.1) is 0 Å². The van der Waals surface area contributed by atoms with Crippen LogP contribution >= 0.6 is 11.6 Å². The van der Waals surface area contributed by atoms with Crippen molar-refractivity contribution in [2.45, 2.75) is 20.8 Å². The third kappa shape index (κ3) is 3.80. The lowest BCUT2D eigenvalue weighted by atomic mass is 10.1. The van der Waals surface area contributed by atoms with Gasteiger partial charge in [0.2, 0.25) is 0 Å². The van der Waals surface area contributed by atoms with E-state index in [4.69, 9.17) is 21.1 Å². The summed E-state index contributed by atoms with van der Waals surface area (Å²) >= 11 is 6.24. The summed E-state index contributed by atoms with van der Waals surface area (Å²) in [5, 5.41) is 0.510. The zero-order valence-electron chi connectivity index (χ0n) is 13.3. The van der Waals surface area contributed by atoms with Gasteiger partial charge in [0.25, 0.3) is 0 Å². The SMILES string of the molecule is CCOc1cc(C=Nc2ccc(C)cc2C)cc(Cl)c1OC. The highest BCUT2D eigenvalue weighted by Crippen LogP contribution is 2.36. The first-order valence-corrected chi connectivity index (χ1v) is 7.54. The maximum Gasteiger partial charge on any atom is 0.179 e. The number of hydrogen-bond donors (Lipinski definition) is 0. The molecular formula is C18H20ClNO2. The second-order valence-corrected chi connectivity index (χ2v) is 5.42. The fourth-order valence-corrected chi connectivity index (χ4v) is 2.51. The summed E-state index contributed by atoms with van der Waals surface area (Å²) in [5.74, 6) is 1.17. The van der Waals surface area contributed by atoms with Crippen molar-refractivity contribution in [2.24, 2.45) is 4.99 Å². The van der Waals surface area contributed by atoms with Crippen LogP contribution in [0.2, 0.25) is 5.02 Å². The first kappa shape index (κ1) is 16.4. The zero-order valence-corrected chi connectivity index (χ0v) is 14.1. The van der Waals surface area contributed by atoms with Crippen LogP contribution in [-0.2, 0) is 0 Å². The van der Waals surface area contributed by atoms with Gasteiger partial charge in [0.1, 0.15) is 0 Å². The second-order valence-electron chi connectivity index (χ2n) is 5.02. The van der Waals surface area contributed by atoms with Crippen LogP contribution in [0.15, 0.2) is 35.3 Å². The number of benzene rings is 2. The molecule has 0 bridgehead atoms. The maximum absolute atomic E-state index is 6.24. The monoisotopic (exact) mass is 317 g/mol. The van der Waals surface area contributed by atoms with Crippen molar-refractivity contribution in [3.63, 3.8) is 0 Å². The molecule has 0 fully saturated rings. The van der Waals surface area contributed by atoms with E-state index < -0.39 is 0 Å². The van der Waals surface area contributed by atoms with E-state index in [0.29, 0.717) is 23.1 Å². The quantitative estimate of drug-likeness (QED) is 0.717. The average Bonchev–Trinajstić information content (AvgIpc) is 2.46. The smallest absolute Gasteiger partial charge is 0.179 e. The molecule has 0 spiro atoms. The molecule has 0 saturated heterocycles. The van der Waals surface area contributed by atoms with Crippen molar-refractivity contribution < 1.29 is 9.47 Å². The molecule has 0 saturated carbocycles. The van der Waals surface area contributed by atoms with Gasteiger partial charge in [-0.05, 0) is 50.1 Å². The summed E-state index contributed by atoms with van der Waals surface area (Å²) in [6, 6.07) is 9.86. The number of aliphatic imine (C=N–C) groups is 1. The van der Waals surface area contributed by atoms with E-state index >= 15 is 0 Å². The normalized spacial score (nSPS) is 11.0. The topological polar surface area (TPSA) is 30.8 Å². The van der Waals surface area contributed by atoms with Crippen LogP contribution in [0, 0.1) is 13.8 Å². The van der Waals surface area contributed by atoms with Crippen LogP contribution in [0.25, 0.3) is 0 Å². The van der Waals surface area contributed by atoms with E-state index in [9.17, 15) is 0 Å². The van der Waals surface area contributed by atoms with E-state index in [2.05, 4.69) is 18.0 Å². The van der Waals surface area contributed by atoms with Crippen molar-refractivity contribution in [3.8, 4) is 11.5 Å². The number of halogens is 1. The lowest BCUT2D eigenvalue weighted by molar-refractivity contribution is 0.311. The van der Waals surface area contributed by atoms with Gasteiger partial charge in [0, 0.05) is 6.21 Å². The highest BCUT2D eigenvalue weighted by molar-refractivity contribution is 6.32.